The van der Waals surface area contributed by atoms with Crippen LogP contribution in [0.15, 0.2) is 29.3 Å². The van der Waals surface area contributed by atoms with Crippen molar-refractivity contribution < 1.29 is 9.47 Å². The summed E-state index contributed by atoms with van der Waals surface area (Å²) in [7, 11) is 3.61. The summed E-state index contributed by atoms with van der Waals surface area (Å²) in [5, 5.41) is 6.95. The maximum Gasteiger partial charge on any atom is 0.191 e. The molecule has 1 aromatic carbocycles. The first-order valence-corrected chi connectivity index (χ1v) is 9.86. The number of rotatable bonds is 10. The molecule has 2 N–H and O–H groups in total. The van der Waals surface area contributed by atoms with Crippen molar-refractivity contribution in [2.75, 3.05) is 33.9 Å². The van der Waals surface area contributed by atoms with Crippen LogP contribution in [0.1, 0.15) is 51.0 Å². The Kier molecular flexibility index (Phi) is 8.75. The molecule has 1 aliphatic rings. The van der Waals surface area contributed by atoms with E-state index in [-0.39, 0.29) is 0 Å². The third kappa shape index (κ3) is 6.52. The van der Waals surface area contributed by atoms with Crippen LogP contribution < -0.4 is 15.4 Å². The van der Waals surface area contributed by atoms with Gasteiger partial charge in [-0.2, -0.15) is 0 Å². The van der Waals surface area contributed by atoms with Gasteiger partial charge < -0.3 is 20.1 Å². The predicted octanol–water partition coefficient (Wildman–Crippen LogP) is 3.74. The Balaban J connectivity index is 1.83. The highest BCUT2D eigenvalue weighted by Crippen LogP contribution is 2.40. The number of methoxy groups -OCH3 is 1. The van der Waals surface area contributed by atoms with Gasteiger partial charge in [-0.3, -0.25) is 4.99 Å². The molecule has 1 saturated carbocycles. The molecule has 1 fully saturated rings. The molecule has 0 bridgehead atoms. The molecule has 0 aromatic heterocycles. The minimum Gasteiger partial charge on any atom is -0.494 e. The second-order valence-corrected chi connectivity index (χ2v) is 7.23. The van der Waals surface area contributed by atoms with Gasteiger partial charge in [0.05, 0.1) is 6.61 Å². The first-order chi connectivity index (χ1) is 12.7. The summed E-state index contributed by atoms with van der Waals surface area (Å²) in [4.78, 5) is 4.38. The SMILES string of the molecule is CCCOc1cccc(CNC(=NC)NCC2(CCOC)CCCC2)c1. The van der Waals surface area contributed by atoms with Crippen LogP contribution in [-0.4, -0.2) is 39.9 Å². The molecule has 5 heteroatoms. The molecule has 0 saturated heterocycles. The number of nitrogens with one attached hydrogen (secondary N) is 2. The van der Waals surface area contributed by atoms with E-state index in [1.807, 2.05) is 19.2 Å². The van der Waals surface area contributed by atoms with Crippen LogP contribution in [0.25, 0.3) is 0 Å². The van der Waals surface area contributed by atoms with Gasteiger partial charge in [-0.1, -0.05) is 31.9 Å². The Morgan fingerprint density at radius 2 is 2.00 bits per heavy atom. The molecule has 146 valence electrons. The smallest absolute Gasteiger partial charge is 0.191 e. The summed E-state index contributed by atoms with van der Waals surface area (Å²) < 4.78 is 11.0. The molecule has 0 radical (unpaired) electrons. The molecule has 5 nitrogen and oxygen atoms in total. The molecule has 0 unspecified atom stereocenters. The molecular formula is C21H35N3O2. The monoisotopic (exact) mass is 361 g/mol. The maximum atomic E-state index is 5.71. The Bertz CT molecular complexity index is 554. The lowest BCUT2D eigenvalue weighted by Gasteiger charge is -2.30. The van der Waals surface area contributed by atoms with Gasteiger partial charge in [-0.15, -0.1) is 0 Å². The van der Waals surface area contributed by atoms with E-state index < -0.39 is 0 Å². The van der Waals surface area contributed by atoms with E-state index in [4.69, 9.17) is 9.47 Å². The topological polar surface area (TPSA) is 54.9 Å². The van der Waals surface area contributed by atoms with Crippen molar-refractivity contribution in [3.8, 4) is 5.75 Å². The minimum absolute atomic E-state index is 0.349. The van der Waals surface area contributed by atoms with Crippen molar-refractivity contribution in [2.45, 2.75) is 52.0 Å². The zero-order chi connectivity index (χ0) is 18.7. The highest BCUT2D eigenvalue weighted by atomic mass is 16.5. The maximum absolute atomic E-state index is 5.71. The summed E-state index contributed by atoms with van der Waals surface area (Å²) in [6.07, 6.45) is 7.33. The average molecular weight is 362 g/mol. The van der Waals surface area contributed by atoms with E-state index in [0.717, 1.165) is 50.9 Å². The number of guanidine groups is 1. The fourth-order valence-electron chi connectivity index (χ4n) is 3.60. The first kappa shape index (κ1) is 20.6. The van der Waals surface area contributed by atoms with Gasteiger partial charge in [-0.25, -0.2) is 0 Å². The van der Waals surface area contributed by atoms with Crippen molar-refractivity contribution >= 4 is 5.96 Å². The van der Waals surface area contributed by atoms with Crippen LogP contribution in [0.3, 0.4) is 0 Å². The fraction of sp³-hybridized carbons (Fsp3) is 0.667. The Morgan fingerprint density at radius 3 is 2.69 bits per heavy atom. The van der Waals surface area contributed by atoms with Crippen LogP contribution >= 0.6 is 0 Å². The largest absolute Gasteiger partial charge is 0.494 e. The standard InChI is InChI=1S/C21H35N3O2/c1-4-13-26-19-9-7-8-18(15-19)16-23-20(22-2)24-17-21(12-14-25-3)10-5-6-11-21/h7-9,15H,4-6,10-14,16-17H2,1-3H3,(H2,22,23,24). The van der Waals surface area contributed by atoms with Crippen LogP contribution in [-0.2, 0) is 11.3 Å². The first-order valence-electron chi connectivity index (χ1n) is 9.86. The Morgan fingerprint density at radius 1 is 1.19 bits per heavy atom. The zero-order valence-corrected chi connectivity index (χ0v) is 16.6. The molecule has 1 aliphatic carbocycles. The highest BCUT2D eigenvalue weighted by Gasteiger charge is 2.33. The number of benzene rings is 1. The molecule has 0 amide bonds. The quantitative estimate of drug-likeness (QED) is 0.492. The fourth-order valence-corrected chi connectivity index (χ4v) is 3.60. The Labute approximate surface area is 158 Å². The number of aliphatic imine (C=N–C) groups is 1. The van der Waals surface area contributed by atoms with Crippen molar-refractivity contribution in [1.29, 1.82) is 0 Å². The normalized spacial score (nSPS) is 16.5. The Hall–Kier alpha value is -1.75. The van der Waals surface area contributed by atoms with Crippen LogP contribution in [0.2, 0.25) is 0 Å². The third-order valence-corrected chi connectivity index (χ3v) is 5.19. The molecule has 1 aromatic rings. The summed E-state index contributed by atoms with van der Waals surface area (Å²) in [5.41, 5.74) is 1.54. The van der Waals surface area contributed by atoms with Crippen molar-refractivity contribution in [3.63, 3.8) is 0 Å². The summed E-state index contributed by atoms with van der Waals surface area (Å²) in [6.45, 7) is 5.39. The second-order valence-electron chi connectivity index (χ2n) is 7.23. The summed E-state index contributed by atoms with van der Waals surface area (Å²) >= 11 is 0. The lowest BCUT2D eigenvalue weighted by Crippen LogP contribution is -2.43. The predicted molar refractivity (Wildman–Crippen MR) is 108 cm³/mol. The summed E-state index contributed by atoms with van der Waals surface area (Å²) in [5.74, 6) is 1.78. The van der Waals surface area contributed by atoms with E-state index >= 15 is 0 Å². The lowest BCUT2D eigenvalue weighted by molar-refractivity contribution is 0.138. The molecule has 0 atom stereocenters. The van der Waals surface area contributed by atoms with Gasteiger partial charge in [-0.05, 0) is 48.8 Å². The van der Waals surface area contributed by atoms with E-state index in [1.165, 1.54) is 31.2 Å². The van der Waals surface area contributed by atoms with Gasteiger partial charge in [0.2, 0.25) is 0 Å². The van der Waals surface area contributed by atoms with Gasteiger partial charge in [0, 0.05) is 33.9 Å². The molecular weight excluding hydrogens is 326 g/mol. The third-order valence-electron chi connectivity index (χ3n) is 5.19. The number of hydrogen-bond acceptors (Lipinski definition) is 3. The number of ether oxygens (including phenoxy) is 2. The van der Waals surface area contributed by atoms with Gasteiger partial charge in [0.1, 0.15) is 5.75 Å². The van der Waals surface area contributed by atoms with Crippen molar-refractivity contribution in [1.82, 2.24) is 10.6 Å². The van der Waals surface area contributed by atoms with Crippen LogP contribution in [0.5, 0.6) is 5.75 Å². The van der Waals surface area contributed by atoms with E-state index in [2.05, 4.69) is 34.7 Å². The van der Waals surface area contributed by atoms with E-state index in [9.17, 15) is 0 Å². The van der Waals surface area contributed by atoms with Crippen molar-refractivity contribution in [2.24, 2.45) is 10.4 Å². The molecule has 0 aliphatic heterocycles. The molecule has 0 spiro atoms. The number of hydrogen-bond donors (Lipinski definition) is 2. The van der Waals surface area contributed by atoms with Gasteiger partial charge in [0.25, 0.3) is 0 Å². The molecule has 0 heterocycles. The van der Waals surface area contributed by atoms with E-state index in [0.29, 0.717) is 5.41 Å². The van der Waals surface area contributed by atoms with Gasteiger partial charge in [0.15, 0.2) is 5.96 Å². The average Bonchev–Trinajstić information content (AvgIpc) is 3.14. The number of nitrogens with zero attached hydrogens (tertiary/aromatic N) is 1. The van der Waals surface area contributed by atoms with Gasteiger partial charge >= 0.3 is 0 Å². The highest BCUT2D eigenvalue weighted by molar-refractivity contribution is 5.79. The lowest BCUT2D eigenvalue weighted by atomic mass is 9.83. The minimum atomic E-state index is 0.349. The second kappa shape index (κ2) is 11.1. The van der Waals surface area contributed by atoms with Crippen LogP contribution in [0.4, 0.5) is 0 Å². The van der Waals surface area contributed by atoms with E-state index in [1.54, 1.807) is 7.11 Å². The van der Waals surface area contributed by atoms with Crippen molar-refractivity contribution in [3.05, 3.63) is 29.8 Å². The molecule has 26 heavy (non-hydrogen) atoms. The zero-order valence-electron chi connectivity index (χ0n) is 16.6. The summed E-state index contributed by atoms with van der Waals surface area (Å²) in [6, 6.07) is 8.24. The molecule has 2 rings (SSSR count). The van der Waals surface area contributed by atoms with Crippen LogP contribution in [0, 0.1) is 5.41 Å².